The minimum atomic E-state index is 0.897. The maximum atomic E-state index is 6.36. The molecular formula is C103H67N7O2S. The fourth-order valence-corrected chi connectivity index (χ4v) is 18.3. The van der Waals surface area contributed by atoms with E-state index in [4.69, 9.17) is 18.8 Å². The number of hydrogen-bond acceptors (Lipinski definition) is 5. The highest BCUT2D eigenvalue weighted by atomic mass is 32.1. The smallest absolute Gasteiger partial charge is 0.161 e. The third-order valence-electron chi connectivity index (χ3n) is 22.1. The van der Waals surface area contributed by atoms with Gasteiger partial charge in [0.05, 0.1) is 48.8 Å². The lowest BCUT2D eigenvalue weighted by molar-refractivity contribution is 0.672. The number of aryl methyl sites for hydroxylation is 1. The molecule has 0 radical (unpaired) electrons. The number of aromatic nitrogens is 7. The second-order valence-corrected chi connectivity index (χ2v) is 29.9. The summed E-state index contributed by atoms with van der Waals surface area (Å²) in [5.74, 6) is 1.89. The molecule has 8 heterocycles. The number of para-hydroxylation sites is 9. The van der Waals surface area contributed by atoms with Gasteiger partial charge in [0.2, 0.25) is 0 Å². The topological polar surface area (TPSA) is 76.7 Å². The Morgan fingerprint density at radius 3 is 1.35 bits per heavy atom. The van der Waals surface area contributed by atoms with Gasteiger partial charge in [0.15, 0.2) is 11.2 Å². The highest BCUT2D eigenvalue weighted by Crippen LogP contribution is 2.46. The van der Waals surface area contributed by atoms with E-state index in [0.717, 1.165) is 139 Å². The van der Waals surface area contributed by atoms with Crippen LogP contribution in [0.4, 0.5) is 0 Å². The van der Waals surface area contributed by atoms with Crippen LogP contribution in [-0.2, 0) is 0 Å². The molecule has 0 saturated carbocycles. The van der Waals surface area contributed by atoms with Gasteiger partial charge >= 0.3 is 0 Å². The second kappa shape index (κ2) is 26.8. The predicted molar refractivity (Wildman–Crippen MR) is 471 cm³/mol. The van der Waals surface area contributed by atoms with Gasteiger partial charge < -0.3 is 22.5 Å². The summed E-state index contributed by atoms with van der Waals surface area (Å²) >= 11 is 1.89. The van der Waals surface area contributed by atoms with Gasteiger partial charge in [-0.2, -0.15) is 0 Å². The van der Waals surface area contributed by atoms with E-state index in [0.29, 0.717) is 0 Å². The summed E-state index contributed by atoms with van der Waals surface area (Å²) in [6.45, 7) is 2.06. The van der Waals surface area contributed by atoms with E-state index in [2.05, 4.69) is 376 Å². The Bertz CT molecular complexity index is 7820. The average Bonchev–Trinajstić information content (AvgIpc) is 1.58. The van der Waals surface area contributed by atoms with Crippen molar-refractivity contribution in [1.82, 2.24) is 32.8 Å². The summed E-state index contributed by atoms with van der Waals surface area (Å²) in [5.41, 5.74) is 28.6. The first-order chi connectivity index (χ1) is 56.0. The number of hydrogen-bond donors (Lipinski definition) is 0. The minimum Gasteiger partial charge on any atom is -0.454 e. The highest BCUT2D eigenvalue weighted by Gasteiger charge is 2.25. The molecule has 10 heteroatoms. The molecule has 0 aliphatic rings. The molecule has 24 rings (SSSR count). The van der Waals surface area contributed by atoms with Crippen molar-refractivity contribution in [2.45, 2.75) is 6.92 Å². The van der Waals surface area contributed by atoms with E-state index in [1.54, 1.807) is 0 Å². The number of benzene rings is 16. The normalized spacial score (nSPS) is 11.8. The van der Waals surface area contributed by atoms with Crippen LogP contribution >= 0.6 is 11.3 Å². The van der Waals surface area contributed by atoms with Crippen molar-refractivity contribution in [3.8, 4) is 73.2 Å². The molecule has 0 amide bonds. The molecule has 24 aromatic rings. The summed E-state index contributed by atoms with van der Waals surface area (Å²) < 4.78 is 27.0. The summed E-state index contributed by atoms with van der Waals surface area (Å²) in [4.78, 5) is 9.90. The molecule has 113 heavy (non-hydrogen) atoms. The first kappa shape index (κ1) is 65.3. The highest BCUT2D eigenvalue weighted by molar-refractivity contribution is 7.26. The Labute approximate surface area is 652 Å². The molecule has 16 aromatic carbocycles. The first-order valence-corrected chi connectivity index (χ1v) is 39.0. The number of thiophene rings is 1. The maximum Gasteiger partial charge on any atom is 0.161 e. The number of furan rings is 2. The van der Waals surface area contributed by atoms with E-state index < -0.39 is 0 Å². The lowest BCUT2D eigenvalue weighted by atomic mass is 9.96. The summed E-state index contributed by atoms with van der Waals surface area (Å²) in [7, 11) is 0. The number of fused-ring (bicyclic) bond motifs is 18. The van der Waals surface area contributed by atoms with Gasteiger partial charge in [0, 0.05) is 71.0 Å². The van der Waals surface area contributed by atoms with Crippen LogP contribution in [-0.4, -0.2) is 32.8 Å². The van der Waals surface area contributed by atoms with Crippen molar-refractivity contribution >= 4 is 141 Å². The minimum absolute atomic E-state index is 0.897. The molecule has 0 bridgehead atoms. The average molecular weight is 1470 g/mol. The lowest BCUT2D eigenvalue weighted by Crippen LogP contribution is -1.99. The monoisotopic (exact) mass is 1470 g/mol. The van der Waals surface area contributed by atoms with Crippen molar-refractivity contribution in [3.05, 3.63) is 394 Å². The maximum absolute atomic E-state index is 6.36. The van der Waals surface area contributed by atoms with Gasteiger partial charge in [0.1, 0.15) is 33.8 Å². The van der Waals surface area contributed by atoms with Crippen molar-refractivity contribution < 1.29 is 8.83 Å². The van der Waals surface area contributed by atoms with Gasteiger partial charge in [-0.25, -0.2) is 9.97 Å². The quantitative estimate of drug-likeness (QED) is 0.144. The van der Waals surface area contributed by atoms with Crippen molar-refractivity contribution in [3.63, 3.8) is 0 Å². The Hall–Kier alpha value is -14.8. The van der Waals surface area contributed by atoms with Crippen LogP contribution in [0.2, 0.25) is 0 Å². The molecule has 0 fully saturated rings. The zero-order chi connectivity index (χ0) is 74.6. The lowest BCUT2D eigenvalue weighted by Gasteiger charge is -2.14. The van der Waals surface area contributed by atoms with Gasteiger partial charge in [-0.3, -0.25) is 9.13 Å². The number of rotatable bonds is 9. The Morgan fingerprint density at radius 2 is 0.690 bits per heavy atom. The zero-order valence-electron chi connectivity index (χ0n) is 61.3. The molecule has 0 aliphatic carbocycles. The molecule has 0 spiro atoms. The van der Waals surface area contributed by atoms with E-state index in [1.165, 1.54) is 69.9 Å². The van der Waals surface area contributed by atoms with Crippen LogP contribution in [0.3, 0.4) is 0 Å². The van der Waals surface area contributed by atoms with Crippen LogP contribution in [0.15, 0.2) is 397 Å². The van der Waals surface area contributed by atoms with E-state index in [9.17, 15) is 0 Å². The predicted octanol–water partition coefficient (Wildman–Crippen LogP) is 27.9. The number of imidazole rings is 2. The van der Waals surface area contributed by atoms with Gasteiger partial charge in [-0.05, 0) is 209 Å². The summed E-state index contributed by atoms with van der Waals surface area (Å²) in [5, 5.41) is 9.58. The Kier molecular flexibility index (Phi) is 15.5. The third-order valence-corrected chi connectivity index (χ3v) is 23.3. The van der Waals surface area contributed by atoms with Crippen molar-refractivity contribution in [1.29, 1.82) is 0 Å². The molecule has 0 unspecified atom stereocenters. The number of nitrogens with zero attached hydrogens (tertiary/aromatic N) is 7. The standard InChI is InChI=1S/C36H23NS.C34H23N3O.C33H21N3O/c1-2-10-24(11-3-1)28-21-29(27-19-18-25-12-4-5-13-26(25)20-27)23-30(22-28)37-33-16-8-6-14-31(33)36-35(37)32-15-7-9-17-34(32)38-36;1-22-35-29-19-18-24(21-31(29)36(22)25-11-3-2-4-12-25)23-10-9-13-26(20-23)37-30-16-7-5-14-27(30)34-33(37)28-15-6-8-17-32(28)38-34;1-2-12-23(13-3-1)36-29-19-8-6-17-27(29)34-33(36)22-11-10-14-24(21-22)35-28-18-7-4-15-25(28)32-31(35)26-16-5-9-20-30(26)37-32/h1-23H;2-21H,1H3;1-21H. The van der Waals surface area contributed by atoms with Gasteiger partial charge in [-0.1, -0.05) is 231 Å². The fraction of sp³-hybridized carbons (Fsp3) is 0.00971. The van der Waals surface area contributed by atoms with Gasteiger partial charge in [0.25, 0.3) is 0 Å². The summed E-state index contributed by atoms with van der Waals surface area (Å²) in [6, 6.07) is 137. The third kappa shape index (κ3) is 11.0. The SMILES string of the molecule is Cc1nc2ccc(-c3cccc(-n4c5ccccc5c5oc6ccccc6c54)c3)cc2n1-c1ccccc1.c1ccc(-c2cc(-c3ccc4ccccc4c3)cc(-n3c4ccccc4c4sc5ccccc5c43)c2)cc1.c1ccc(-n2c(-c3cccc(-n4c5ccccc5c5oc6ccccc6c54)c3)nc3ccccc32)cc1. The van der Waals surface area contributed by atoms with Crippen molar-refractivity contribution in [2.24, 2.45) is 0 Å². The van der Waals surface area contributed by atoms with Crippen LogP contribution in [0.5, 0.6) is 0 Å². The molecule has 8 aromatic heterocycles. The Balaban J connectivity index is 0.000000104. The fourth-order valence-electron chi connectivity index (χ4n) is 17.1. The molecule has 0 atom stereocenters. The Morgan fingerprint density at radius 1 is 0.248 bits per heavy atom. The van der Waals surface area contributed by atoms with Crippen LogP contribution < -0.4 is 0 Å². The molecule has 9 nitrogen and oxygen atoms in total. The van der Waals surface area contributed by atoms with Crippen LogP contribution in [0, 0.1) is 6.92 Å². The molecular weight excluding hydrogens is 1400 g/mol. The van der Waals surface area contributed by atoms with E-state index in [1.807, 2.05) is 53.8 Å². The first-order valence-electron chi connectivity index (χ1n) is 38.2. The zero-order valence-corrected chi connectivity index (χ0v) is 62.1. The van der Waals surface area contributed by atoms with E-state index in [-0.39, 0.29) is 0 Å². The van der Waals surface area contributed by atoms with Crippen LogP contribution in [0.25, 0.3) is 203 Å². The molecule has 0 N–H and O–H groups in total. The largest absolute Gasteiger partial charge is 0.454 e. The van der Waals surface area contributed by atoms with Crippen LogP contribution in [0.1, 0.15) is 5.82 Å². The summed E-state index contributed by atoms with van der Waals surface area (Å²) in [6.07, 6.45) is 0. The van der Waals surface area contributed by atoms with Gasteiger partial charge in [-0.15, -0.1) is 11.3 Å². The van der Waals surface area contributed by atoms with Crippen molar-refractivity contribution in [2.75, 3.05) is 0 Å². The molecule has 0 saturated heterocycles. The molecule has 0 aliphatic heterocycles. The van der Waals surface area contributed by atoms with E-state index >= 15 is 0 Å². The second-order valence-electron chi connectivity index (χ2n) is 28.8. The molecule has 532 valence electrons.